The van der Waals surface area contributed by atoms with E-state index in [2.05, 4.69) is 10.3 Å². The summed E-state index contributed by atoms with van der Waals surface area (Å²) in [5, 5.41) is 6.36. The van der Waals surface area contributed by atoms with Crippen molar-refractivity contribution in [2.24, 2.45) is 0 Å². The van der Waals surface area contributed by atoms with E-state index in [0.29, 0.717) is 13.2 Å². The lowest BCUT2D eigenvalue weighted by Gasteiger charge is -2.08. The van der Waals surface area contributed by atoms with E-state index in [1.165, 1.54) is 0 Å². The molecule has 0 amide bonds. The maximum Gasteiger partial charge on any atom is 0.121 e. The minimum atomic E-state index is 0.562. The largest absolute Gasteiger partial charge is 0.491 e. The van der Waals surface area contributed by atoms with Gasteiger partial charge in [-0.25, -0.2) is 4.98 Å². The molecule has 0 spiro atoms. The van der Waals surface area contributed by atoms with Crippen molar-refractivity contribution in [1.29, 1.82) is 0 Å². The van der Waals surface area contributed by atoms with Gasteiger partial charge in [-0.1, -0.05) is 6.07 Å². The highest BCUT2D eigenvalue weighted by Gasteiger charge is 1.98. The van der Waals surface area contributed by atoms with Crippen molar-refractivity contribution in [3.05, 3.63) is 40.8 Å². The molecule has 1 N–H and O–H groups in total. The van der Waals surface area contributed by atoms with Gasteiger partial charge in [-0.3, -0.25) is 0 Å². The van der Waals surface area contributed by atoms with Gasteiger partial charge in [0.1, 0.15) is 17.4 Å². The molecule has 0 saturated carbocycles. The Kier molecular flexibility index (Phi) is 4.99. The van der Waals surface area contributed by atoms with Crippen LogP contribution in [0.3, 0.4) is 0 Å². The van der Waals surface area contributed by atoms with Gasteiger partial charge >= 0.3 is 0 Å². The number of methoxy groups -OCH3 is 1. The van der Waals surface area contributed by atoms with Crippen molar-refractivity contribution < 1.29 is 9.47 Å². The Hall–Kier alpha value is -1.59. The molecule has 1 aromatic carbocycles. The molecule has 0 aliphatic heterocycles. The summed E-state index contributed by atoms with van der Waals surface area (Å²) in [6, 6.07) is 7.89. The third-order valence-electron chi connectivity index (χ3n) is 2.32. The lowest BCUT2D eigenvalue weighted by atomic mass is 10.3. The summed E-state index contributed by atoms with van der Waals surface area (Å²) in [4.78, 5) is 4.22. The fourth-order valence-electron chi connectivity index (χ4n) is 1.46. The number of aromatic nitrogens is 1. The molecular formula is C13H16N2O2S. The zero-order valence-electron chi connectivity index (χ0n) is 10.3. The Labute approximate surface area is 111 Å². The van der Waals surface area contributed by atoms with E-state index in [-0.39, 0.29) is 0 Å². The molecule has 4 nitrogen and oxygen atoms in total. The van der Waals surface area contributed by atoms with E-state index in [1.807, 2.05) is 35.8 Å². The summed E-state index contributed by atoms with van der Waals surface area (Å²) >= 11 is 1.64. The van der Waals surface area contributed by atoms with Gasteiger partial charge in [0.15, 0.2) is 0 Å². The summed E-state index contributed by atoms with van der Waals surface area (Å²) in [5.74, 6) is 0.844. The van der Waals surface area contributed by atoms with Crippen LogP contribution in [-0.4, -0.2) is 25.3 Å². The lowest BCUT2D eigenvalue weighted by Crippen LogP contribution is -2.04. The van der Waals surface area contributed by atoms with Gasteiger partial charge in [-0.15, -0.1) is 11.3 Å². The summed E-state index contributed by atoms with van der Waals surface area (Å²) in [6.45, 7) is 1.89. The first-order valence-electron chi connectivity index (χ1n) is 5.72. The highest BCUT2D eigenvalue weighted by Crippen LogP contribution is 2.18. The van der Waals surface area contributed by atoms with Crippen molar-refractivity contribution in [3.8, 4) is 5.75 Å². The number of rotatable bonds is 7. The molecule has 96 valence electrons. The Morgan fingerprint density at radius 1 is 1.33 bits per heavy atom. The third-order valence-corrected chi connectivity index (χ3v) is 3.10. The minimum Gasteiger partial charge on any atom is -0.491 e. The summed E-state index contributed by atoms with van der Waals surface area (Å²) in [7, 11) is 1.66. The fourth-order valence-corrected chi connectivity index (χ4v) is 2.01. The number of ether oxygens (including phenoxy) is 2. The van der Waals surface area contributed by atoms with Gasteiger partial charge in [0.25, 0.3) is 0 Å². The van der Waals surface area contributed by atoms with Gasteiger partial charge in [0.05, 0.1) is 13.2 Å². The molecule has 0 atom stereocenters. The molecule has 1 heterocycles. The lowest BCUT2D eigenvalue weighted by molar-refractivity contribution is 0.146. The minimum absolute atomic E-state index is 0.562. The van der Waals surface area contributed by atoms with Crippen molar-refractivity contribution in [3.63, 3.8) is 0 Å². The number of benzene rings is 1. The van der Waals surface area contributed by atoms with Crippen molar-refractivity contribution in [1.82, 2.24) is 4.98 Å². The molecule has 5 heteroatoms. The number of thiazole rings is 1. The van der Waals surface area contributed by atoms with Crippen LogP contribution in [0.4, 0.5) is 5.69 Å². The van der Waals surface area contributed by atoms with Crippen molar-refractivity contribution in [2.45, 2.75) is 6.54 Å². The van der Waals surface area contributed by atoms with Crippen LogP contribution in [0, 0.1) is 0 Å². The maximum atomic E-state index is 5.55. The standard InChI is InChI=1S/C13H16N2O2S/c1-16-6-7-17-12-4-2-3-11(9-12)15-10-13-14-5-8-18-13/h2-5,8-9,15H,6-7,10H2,1H3. The van der Waals surface area contributed by atoms with E-state index in [4.69, 9.17) is 9.47 Å². The predicted molar refractivity (Wildman–Crippen MR) is 73.3 cm³/mol. The van der Waals surface area contributed by atoms with Crippen LogP contribution in [0.1, 0.15) is 5.01 Å². The van der Waals surface area contributed by atoms with E-state index in [0.717, 1.165) is 23.0 Å². The van der Waals surface area contributed by atoms with E-state index < -0.39 is 0 Å². The van der Waals surface area contributed by atoms with Gasteiger partial charge in [-0.2, -0.15) is 0 Å². The second-order valence-electron chi connectivity index (χ2n) is 3.65. The molecule has 0 radical (unpaired) electrons. The molecule has 0 aliphatic carbocycles. The van der Waals surface area contributed by atoms with Gasteiger partial charge in [-0.05, 0) is 12.1 Å². The van der Waals surface area contributed by atoms with Crippen LogP contribution < -0.4 is 10.1 Å². The molecular weight excluding hydrogens is 248 g/mol. The average Bonchev–Trinajstić information content (AvgIpc) is 2.90. The second kappa shape index (κ2) is 6.98. The Morgan fingerprint density at radius 2 is 2.28 bits per heavy atom. The molecule has 0 saturated heterocycles. The van der Waals surface area contributed by atoms with Gasteiger partial charge in [0, 0.05) is 30.4 Å². The summed E-state index contributed by atoms with van der Waals surface area (Å²) < 4.78 is 10.5. The smallest absolute Gasteiger partial charge is 0.121 e. The zero-order valence-corrected chi connectivity index (χ0v) is 11.1. The van der Waals surface area contributed by atoms with E-state index in [9.17, 15) is 0 Å². The predicted octanol–water partition coefficient (Wildman–Crippen LogP) is 2.78. The van der Waals surface area contributed by atoms with Crippen LogP contribution in [0.2, 0.25) is 0 Å². The topological polar surface area (TPSA) is 43.4 Å². The molecule has 0 aliphatic rings. The molecule has 2 rings (SSSR count). The highest BCUT2D eigenvalue weighted by molar-refractivity contribution is 7.09. The molecule has 0 fully saturated rings. The Bertz CT molecular complexity index is 460. The van der Waals surface area contributed by atoms with Crippen LogP contribution >= 0.6 is 11.3 Å². The first kappa shape index (κ1) is 12.9. The first-order chi connectivity index (χ1) is 8.88. The molecule has 2 aromatic rings. The maximum absolute atomic E-state index is 5.55. The summed E-state index contributed by atoms with van der Waals surface area (Å²) in [5.41, 5.74) is 1.03. The van der Waals surface area contributed by atoms with Crippen LogP contribution in [0.5, 0.6) is 5.75 Å². The van der Waals surface area contributed by atoms with E-state index in [1.54, 1.807) is 18.4 Å². The van der Waals surface area contributed by atoms with Crippen LogP contribution in [0.15, 0.2) is 35.8 Å². The molecule has 1 aromatic heterocycles. The zero-order chi connectivity index (χ0) is 12.6. The third kappa shape index (κ3) is 4.01. The number of nitrogens with zero attached hydrogens (tertiary/aromatic N) is 1. The number of nitrogens with one attached hydrogen (secondary N) is 1. The number of hydrogen-bond donors (Lipinski definition) is 1. The highest BCUT2D eigenvalue weighted by atomic mass is 32.1. The van der Waals surface area contributed by atoms with E-state index >= 15 is 0 Å². The quantitative estimate of drug-likeness (QED) is 0.781. The fraction of sp³-hybridized carbons (Fsp3) is 0.308. The Balaban J connectivity index is 1.86. The normalized spacial score (nSPS) is 10.3. The molecule has 0 unspecified atom stereocenters. The summed E-state index contributed by atoms with van der Waals surface area (Å²) in [6.07, 6.45) is 1.81. The molecule has 0 bridgehead atoms. The Morgan fingerprint density at radius 3 is 3.06 bits per heavy atom. The first-order valence-corrected chi connectivity index (χ1v) is 6.60. The van der Waals surface area contributed by atoms with Gasteiger partial charge < -0.3 is 14.8 Å². The number of anilines is 1. The van der Waals surface area contributed by atoms with Crippen LogP contribution in [0.25, 0.3) is 0 Å². The SMILES string of the molecule is COCCOc1cccc(NCc2nccs2)c1. The number of hydrogen-bond acceptors (Lipinski definition) is 5. The average molecular weight is 264 g/mol. The monoisotopic (exact) mass is 264 g/mol. The van der Waals surface area contributed by atoms with Crippen molar-refractivity contribution >= 4 is 17.0 Å². The van der Waals surface area contributed by atoms with Crippen LogP contribution in [-0.2, 0) is 11.3 Å². The molecule has 18 heavy (non-hydrogen) atoms. The second-order valence-corrected chi connectivity index (χ2v) is 4.63. The van der Waals surface area contributed by atoms with Gasteiger partial charge in [0.2, 0.25) is 0 Å². The van der Waals surface area contributed by atoms with Crippen molar-refractivity contribution in [2.75, 3.05) is 25.6 Å².